The summed E-state index contributed by atoms with van der Waals surface area (Å²) in [6.45, 7) is 0. The second kappa shape index (κ2) is 4.37. The van der Waals surface area contributed by atoms with Crippen LogP contribution in [0.3, 0.4) is 0 Å². The van der Waals surface area contributed by atoms with Crippen LogP contribution in [0.1, 0.15) is 10.4 Å². The fourth-order valence-electron chi connectivity index (χ4n) is 1.59. The molecular formula is C12H10FNO3. The largest absolute Gasteiger partial charge is 0.496 e. The second-order valence-corrected chi connectivity index (χ2v) is 3.35. The van der Waals surface area contributed by atoms with Gasteiger partial charge in [-0.1, -0.05) is 0 Å². The molecule has 17 heavy (non-hydrogen) atoms. The zero-order valence-corrected chi connectivity index (χ0v) is 9.36. The smallest absolute Gasteiger partial charge is 0.340 e. The Labute approximate surface area is 97.0 Å². The van der Waals surface area contributed by atoms with Crippen molar-refractivity contribution in [2.24, 2.45) is 0 Å². The number of rotatable bonds is 2. The number of aromatic nitrogens is 1. The maximum Gasteiger partial charge on any atom is 0.340 e. The van der Waals surface area contributed by atoms with Gasteiger partial charge in [-0.05, 0) is 18.2 Å². The highest BCUT2D eigenvalue weighted by molar-refractivity contribution is 5.96. The standard InChI is InChI=1S/C12H10FNO3/c1-16-11-3-4-14-10-6-7(12(15)17-2)9(13)5-8(10)11/h3-6H,1-2H3. The van der Waals surface area contributed by atoms with Crippen LogP contribution in [0.4, 0.5) is 4.39 Å². The van der Waals surface area contributed by atoms with Gasteiger partial charge in [0.2, 0.25) is 0 Å². The van der Waals surface area contributed by atoms with Gasteiger partial charge in [0.05, 0.1) is 25.3 Å². The summed E-state index contributed by atoms with van der Waals surface area (Å²) >= 11 is 0. The molecule has 0 aliphatic carbocycles. The Bertz CT molecular complexity index is 583. The first kappa shape index (κ1) is 11.3. The van der Waals surface area contributed by atoms with Crippen molar-refractivity contribution >= 4 is 16.9 Å². The molecule has 0 saturated heterocycles. The molecule has 0 amide bonds. The van der Waals surface area contributed by atoms with Gasteiger partial charge in [0, 0.05) is 11.6 Å². The summed E-state index contributed by atoms with van der Waals surface area (Å²) in [7, 11) is 2.69. The monoisotopic (exact) mass is 235 g/mol. The molecule has 5 heteroatoms. The van der Waals surface area contributed by atoms with Crippen molar-refractivity contribution in [1.29, 1.82) is 0 Å². The number of carbonyl (C=O) groups is 1. The lowest BCUT2D eigenvalue weighted by Crippen LogP contribution is -2.04. The number of esters is 1. The third kappa shape index (κ3) is 1.91. The van der Waals surface area contributed by atoms with Crippen LogP contribution < -0.4 is 4.74 Å². The van der Waals surface area contributed by atoms with Crippen molar-refractivity contribution in [1.82, 2.24) is 4.98 Å². The molecule has 0 radical (unpaired) electrons. The Morgan fingerprint density at radius 2 is 2.12 bits per heavy atom. The lowest BCUT2D eigenvalue weighted by molar-refractivity contribution is 0.0595. The molecule has 0 N–H and O–H groups in total. The molecule has 0 fully saturated rings. The van der Waals surface area contributed by atoms with Gasteiger partial charge in [-0.2, -0.15) is 0 Å². The summed E-state index contributed by atoms with van der Waals surface area (Å²) in [5.74, 6) is -0.880. The number of hydrogen-bond donors (Lipinski definition) is 0. The zero-order valence-electron chi connectivity index (χ0n) is 9.36. The van der Waals surface area contributed by atoms with Crippen molar-refractivity contribution in [3.63, 3.8) is 0 Å². The fourth-order valence-corrected chi connectivity index (χ4v) is 1.59. The van der Waals surface area contributed by atoms with E-state index in [1.807, 2.05) is 0 Å². The number of nitrogens with zero attached hydrogens (tertiary/aromatic N) is 1. The molecular weight excluding hydrogens is 225 g/mol. The van der Waals surface area contributed by atoms with Crippen LogP contribution in [0, 0.1) is 5.82 Å². The number of ether oxygens (including phenoxy) is 2. The molecule has 88 valence electrons. The molecule has 0 aliphatic rings. The maximum atomic E-state index is 13.7. The van der Waals surface area contributed by atoms with E-state index in [9.17, 15) is 9.18 Å². The quantitative estimate of drug-likeness (QED) is 0.748. The van der Waals surface area contributed by atoms with Crippen LogP contribution in [0.25, 0.3) is 10.9 Å². The van der Waals surface area contributed by atoms with E-state index >= 15 is 0 Å². The summed E-state index contributed by atoms with van der Waals surface area (Å²) in [6.07, 6.45) is 1.53. The van der Waals surface area contributed by atoms with Crippen LogP contribution in [0.2, 0.25) is 0 Å². The van der Waals surface area contributed by atoms with E-state index in [-0.39, 0.29) is 5.56 Å². The average Bonchev–Trinajstić information content (AvgIpc) is 2.36. The van der Waals surface area contributed by atoms with Gasteiger partial charge in [0.1, 0.15) is 11.6 Å². The van der Waals surface area contributed by atoms with Crippen molar-refractivity contribution < 1.29 is 18.7 Å². The van der Waals surface area contributed by atoms with Gasteiger partial charge in [0.15, 0.2) is 0 Å². The van der Waals surface area contributed by atoms with Crippen molar-refractivity contribution in [2.45, 2.75) is 0 Å². The van der Waals surface area contributed by atoms with Gasteiger partial charge in [0.25, 0.3) is 0 Å². The predicted octanol–water partition coefficient (Wildman–Crippen LogP) is 2.17. The lowest BCUT2D eigenvalue weighted by Gasteiger charge is -2.07. The third-order valence-electron chi connectivity index (χ3n) is 2.42. The number of halogens is 1. The molecule has 1 heterocycles. The number of pyridine rings is 1. The average molecular weight is 235 g/mol. The Morgan fingerprint density at radius 3 is 2.76 bits per heavy atom. The van der Waals surface area contributed by atoms with Crippen LogP contribution in [0.5, 0.6) is 5.75 Å². The highest BCUT2D eigenvalue weighted by Gasteiger charge is 2.15. The normalized spacial score (nSPS) is 10.3. The number of fused-ring (bicyclic) bond motifs is 1. The molecule has 4 nitrogen and oxygen atoms in total. The lowest BCUT2D eigenvalue weighted by atomic mass is 10.1. The summed E-state index contributed by atoms with van der Waals surface area (Å²) in [5, 5.41) is 0.514. The SMILES string of the molecule is COC(=O)c1cc2nccc(OC)c2cc1F. The topological polar surface area (TPSA) is 48.4 Å². The fraction of sp³-hybridized carbons (Fsp3) is 0.167. The molecule has 0 aliphatic heterocycles. The number of benzene rings is 1. The van der Waals surface area contributed by atoms with E-state index in [1.54, 1.807) is 6.07 Å². The summed E-state index contributed by atoms with van der Waals surface area (Å²) in [5.41, 5.74) is 0.340. The minimum Gasteiger partial charge on any atom is -0.496 e. The molecule has 0 saturated carbocycles. The molecule has 1 aromatic heterocycles. The first-order valence-corrected chi connectivity index (χ1v) is 4.88. The molecule has 0 bridgehead atoms. The highest BCUT2D eigenvalue weighted by Crippen LogP contribution is 2.26. The third-order valence-corrected chi connectivity index (χ3v) is 2.42. The first-order chi connectivity index (χ1) is 8.17. The van der Waals surface area contributed by atoms with E-state index in [1.165, 1.54) is 32.5 Å². The minimum atomic E-state index is -0.728. The Kier molecular flexibility index (Phi) is 2.91. The van der Waals surface area contributed by atoms with E-state index in [0.29, 0.717) is 16.7 Å². The van der Waals surface area contributed by atoms with E-state index in [4.69, 9.17) is 4.74 Å². The van der Waals surface area contributed by atoms with Crippen molar-refractivity contribution in [2.75, 3.05) is 14.2 Å². The summed E-state index contributed by atoms with van der Waals surface area (Å²) in [4.78, 5) is 15.4. The zero-order chi connectivity index (χ0) is 12.4. The molecule has 2 aromatic rings. The highest BCUT2D eigenvalue weighted by atomic mass is 19.1. The van der Waals surface area contributed by atoms with Crippen LogP contribution in [-0.4, -0.2) is 25.2 Å². The first-order valence-electron chi connectivity index (χ1n) is 4.88. The Morgan fingerprint density at radius 1 is 1.35 bits per heavy atom. The number of hydrogen-bond acceptors (Lipinski definition) is 4. The molecule has 2 rings (SSSR count). The van der Waals surface area contributed by atoms with Gasteiger partial charge < -0.3 is 9.47 Å². The second-order valence-electron chi connectivity index (χ2n) is 3.35. The minimum absolute atomic E-state index is 0.138. The van der Waals surface area contributed by atoms with Crippen molar-refractivity contribution in [3.05, 3.63) is 35.8 Å². The van der Waals surface area contributed by atoms with Crippen LogP contribution in [0.15, 0.2) is 24.4 Å². The predicted molar refractivity (Wildman–Crippen MR) is 59.6 cm³/mol. The van der Waals surface area contributed by atoms with E-state index < -0.39 is 11.8 Å². The summed E-state index contributed by atoms with van der Waals surface area (Å²) in [6, 6.07) is 4.19. The van der Waals surface area contributed by atoms with Gasteiger partial charge in [-0.25, -0.2) is 9.18 Å². The van der Waals surface area contributed by atoms with Gasteiger partial charge in [-0.3, -0.25) is 4.98 Å². The van der Waals surface area contributed by atoms with Crippen LogP contribution in [-0.2, 0) is 4.74 Å². The molecule has 0 spiro atoms. The maximum absolute atomic E-state index is 13.7. The number of carbonyl (C=O) groups excluding carboxylic acids is 1. The molecule has 0 atom stereocenters. The number of methoxy groups -OCH3 is 2. The Balaban J connectivity index is 2.70. The van der Waals surface area contributed by atoms with E-state index in [2.05, 4.69) is 9.72 Å². The van der Waals surface area contributed by atoms with Crippen molar-refractivity contribution in [3.8, 4) is 5.75 Å². The Hall–Kier alpha value is -2.17. The van der Waals surface area contributed by atoms with Gasteiger partial charge in [-0.15, -0.1) is 0 Å². The van der Waals surface area contributed by atoms with E-state index in [0.717, 1.165) is 0 Å². The van der Waals surface area contributed by atoms with Gasteiger partial charge >= 0.3 is 5.97 Å². The summed E-state index contributed by atoms with van der Waals surface area (Å²) < 4.78 is 23.3. The molecule has 0 unspecified atom stereocenters. The molecule has 1 aromatic carbocycles. The van der Waals surface area contributed by atoms with Crippen LogP contribution >= 0.6 is 0 Å².